The smallest absolute Gasteiger partial charge is 0.269 e. The Morgan fingerprint density at radius 3 is 2.96 bits per heavy atom. The molecule has 1 unspecified atom stereocenters. The Bertz CT molecular complexity index is 950. The summed E-state index contributed by atoms with van der Waals surface area (Å²) in [6.45, 7) is 1.91. The van der Waals surface area contributed by atoms with Crippen LogP contribution in [0.2, 0.25) is 5.02 Å². The van der Waals surface area contributed by atoms with E-state index in [0.717, 1.165) is 27.1 Å². The molecular weight excluding hydrogens is 432 g/mol. The van der Waals surface area contributed by atoms with Gasteiger partial charge in [0.2, 0.25) is 15.2 Å². The normalized spacial score (nSPS) is 16.6. The number of carbonyl (C=O) groups excluding carboxylic acids is 1. The molecule has 1 aromatic carbocycles. The first-order valence-electron chi connectivity index (χ1n) is 7.99. The van der Waals surface area contributed by atoms with Gasteiger partial charge >= 0.3 is 0 Å². The van der Waals surface area contributed by atoms with Crippen molar-refractivity contribution in [2.75, 3.05) is 28.2 Å². The number of halogens is 1. The fraction of sp³-hybridized carbons (Fsp3) is 0.400. The van der Waals surface area contributed by atoms with E-state index in [4.69, 9.17) is 16.3 Å². The third-order valence-corrected chi connectivity index (χ3v) is 7.11. The van der Waals surface area contributed by atoms with Gasteiger partial charge in [0.15, 0.2) is 10.4 Å². The van der Waals surface area contributed by atoms with Crippen LogP contribution in [0, 0.1) is 0 Å². The summed E-state index contributed by atoms with van der Waals surface area (Å²) in [6.07, 6.45) is 1.05. The molecule has 8 nitrogen and oxygen atoms in total. The predicted molar refractivity (Wildman–Crippen MR) is 108 cm³/mol. The summed E-state index contributed by atoms with van der Waals surface area (Å²) >= 11 is 8.79. The lowest BCUT2D eigenvalue weighted by Crippen LogP contribution is -2.48. The first-order chi connectivity index (χ1) is 12.8. The molecule has 0 bridgehead atoms. The molecule has 0 saturated heterocycles. The summed E-state index contributed by atoms with van der Waals surface area (Å²) in [4.78, 5) is 12.6. The topological polar surface area (TPSA) is 101 Å². The van der Waals surface area contributed by atoms with Crippen LogP contribution in [0.3, 0.4) is 0 Å². The molecule has 146 valence electrons. The Labute approximate surface area is 170 Å². The average molecular weight is 449 g/mol. The van der Waals surface area contributed by atoms with Crippen molar-refractivity contribution in [1.82, 2.24) is 10.2 Å². The summed E-state index contributed by atoms with van der Waals surface area (Å²) in [5.41, 5.74) is 0.309. The highest BCUT2D eigenvalue weighted by Gasteiger charge is 2.35. The van der Waals surface area contributed by atoms with E-state index in [1.165, 1.54) is 17.4 Å². The van der Waals surface area contributed by atoms with Gasteiger partial charge in [0.05, 0.1) is 18.5 Å². The molecule has 0 radical (unpaired) electrons. The van der Waals surface area contributed by atoms with Gasteiger partial charge < -0.3 is 4.74 Å². The first-order valence-corrected chi connectivity index (χ1v) is 12.0. The van der Waals surface area contributed by atoms with Crippen molar-refractivity contribution < 1.29 is 17.9 Å². The van der Waals surface area contributed by atoms with Crippen molar-refractivity contribution in [3.63, 3.8) is 0 Å². The molecule has 27 heavy (non-hydrogen) atoms. The molecule has 0 aliphatic carbocycles. The van der Waals surface area contributed by atoms with Crippen molar-refractivity contribution in [2.24, 2.45) is 0 Å². The van der Waals surface area contributed by atoms with Crippen molar-refractivity contribution in [2.45, 2.75) is 23.8 Å². The van der Waals surface area contributed by atoms with E-state index in [9.17, 15) is 13.2 Å². The lowest BCUT2D eigenvalue weighted by atomic mass is 10.2. The molecule has 1 N–H and O–H groups in total. The minimum atomic E-state index is -3.62. The largest absolute Gasteiger partial charge is 0.476 e. The van der Waals surface area contributed by atoms with Crippen LogP contribution >= 0.6 is 34.7 Å². The first kappa shape index (κ1) is 20.2. The van der Waals surface area contributed by atoms with Crippen LogP contribution in [0.1, 0.15) is 13.3 Å². The predicted octanol–water partition coefficient (Wildman–Crippen LogP) is 2.86. The Kier molecular flexibility index (Phi) is 6.14. The average Bonchev–Trinajstić information content (AvgIpc) is 3.05. The van der Waals surface area contributed by atoms with Crippen LogP contribution in [-0.2, 0) is 14.8 Å². The molecule has 3 rings (SSSR count). The maximum absolute atomic E-state index is 12.6. The maximum Gasteiger partial charge on any atom is 0.269 e. The number of nitrogens with one attached hydrogen (secondary N) is 1. The van der Waals surface area contributed by atoms with Crippen LogP contribution in [0.5, 0.6) is 5.75 Å². The van der Waals surface area contributed by atoms with E-state index in [0.29, 0.717) is 15.8 Å². The van der Waals surface area contributed by atoms with Gasteiger partial charge in [0.25, 0.3) is 5.91 Å². The lowest BCUT2D eigenvalue weighted by molar-refractivity contribution is -0.122. The molecule has 1 aliphatic heterocycles. The summed E-state index contributed by atoms with van der Waals surface area (Å²) in [5, 5.41) is 11.3. The number of benzene rings is 1. The van der Waals surface area contributed by atoms with Gasteiger partial charge in [0, 0.05) is 10.8 Å². The van der Waals surface area contributed by atoms with Crippen molar-refractivity contribution in [3.8, 4) is 5.75 Å². The van der Waals surface area contributed by atoms with E-state index in [2.05, 4.69) is 22.4 Å². The van der Waals surface area contributed by atoms with Gasteiger partial charge in [-0.1, -0.05) is 41.6 Å². The molecule has 1 atom stereocenters. The van der Waals surface area contributed by atoms with E-state index in [-0.39, 0.29) is 12.3 Å². The fourth-order valence-corrected chi connectivity index (χ4v) is 5.12. The van der Waals surface area contributed by atoms with Crippen molar-refractivity contribution in [1.29, 1.82) is 0 Å². The number of nitrogens with zero attached hydrogens (tertiary/aromatic N) is 3. The standard InChI is InChI=1S/C15H17ClN4O4S3/c1-3-6-25-15-19-18-14(26-15)17-13(21)12-8-20(27(2,22)23)10-7-9(16)4-5-11(10)24-12/h4-5,7,12H,3,6,8H2,1-2H3,(H,17,18,21). The number of amides is 1. The van der Waals surface area contributed by atoms with Gasteiger partial charge in [-0.15, -0.1) is 10.2 Å². The zero-order valence-electron chi connectivity index (χ0n) is 14.5. The molecule has 12 heteroatoms. The highest BCUT2D eigenvalue weighted by Crippen LogP contribution is 2.37. The van der Waals surface area contributed by atoms with E-state index < -0.39 is 22.0 Å². The lowest BCUT2D eigenvalue weighted by Gasteiger charge is -2.33. The van der Waals surface area contributed by atoms with E-state index >= 15 is 0 Å². The summed E-state index contributed by atoms with van der Waals surface area (Å²) in [5.74, 6) is 0.692. The summed E-state index contributed by atoms with van der Waals surface area (Å²) in [7, 11) is -3.62. The second-order valence-corrected chi connectivity index (χ2v) is 10.4. The third-order valence-electron chi connectivity index (χ3n) is 3.55. The minimum absolute atomic E-state index is 0.158. The second-order valence-electron chi connectivity index (χ2n) is 5.72. The number of hydrogen-bond acceptors (Lipinski definition) is 8. The molecular formula is C15H17ClN4O4S3. The Hall–Kier alpha value is -1.56. The number of hydrogen-bond donors (Lipinski definition) is 1. The van der Waals surface area contributed by atoms with Crippen LogP contribution in [-0.4, -0.2) is 49.2 Å². The molecule has 2 aromatic rings. The molecule has 0 spiro atoms. The SMILES string of the molecule is CCCSc1nnc(NC(=O)C2CN(S(C)(=O)=O)c3cc(Cl)ccc3O2)s1. The Morgan fingerprint density at radius 2 is 2.26 bits per heavy atom. The zero-order chi connectivity index (χ0) is 19.6. The number of ether oxygens (including phenoxy) is 1. The van der Waals surface area contributed by atoms with Crippen LogP contribution in [0.15, 0.2) is 22.5 Å². The third kappa shape index (κ3) is 4.84. The minimum Gasteiger partial charge on any atom is -0.476 e. The second kappa shape index (κ2) is 8.21. The summed E-state index contributed by atoms with van der Waals surface area (Å²) in [6, 6.07) is 4.61. The number of rotatable bonds is 6. The number of carbonyl (C=O) groups is 1. The number of aromatic nitrogens is 2. The number of sulfonamides is 1. The Balaban J connectivity index is 1.78. The highest BCUT2D eigenvalue weighted by molar-refractivity contribution is 8.01. The van der Waals surface area contributed by atoms with Gasteiger partial charge in [-0.05, 0) is 24.6 Å². The van der Waals surface area contributed by atoms with Gasteiger partial charge in [0.1, 0.15) is 5.75 Å². The molecule has 1 aromatic heterocycles. The van der Waals surface area contributed by atoms with E-state index in [1.54, 1.807) is 23.9 Å². The van der Waals surface area contributed by atoms with Gasteiger partial charge in [-0.3, -0.25) is 14.4 Å². The zero-order valence-corrected chi connectivity index (χ0v) is 17.7. The quantitative estimate of drug-likeness (QED) is 0.535. The van der Waals surface area contributed by atoms with Crippen LogP contribution in [0.4, 0.5) is 10.8 Å². The van der Waals surface area contributed by atoms with Crippen LogP contribution < -0.4 is 14.4 Å². The molecule has 0 fully saturated rings. The van der Waals surface area contributed by atoms with E-state index in [1.807, 2.05) is 0 Å². The Morgan fingerprint density at radius 1 is 1.48 bits per heavy atom. The highest BCUT2D eigenvalue weighted by atomic mass is 35.5. The molecule has 1 amide bonds. The van der Waals surface area contributed by atoms with Crippen molar-refractivity contribution >= 4 is 61.4 Å². The molecule has 0 saturated carbocycles. The number of anilines is 2. The van der Waals surface area contributed by atoms with Gasteiger partial charge in [-0.25, -0.2) is 8.42 Å². The molecule has 1 aliphatic rings. The monoisotopic (exact) mass is 448 g/mol. The number of thioether (sulfide) groups is 1. The summed E-state index contributed by atoms with van der Waals surface area (Å²) < 4.78 is 31.9. The van der Waals surface area contributed by atoms with Gasteiger partial charge in [-0.2, -0.15) is 0 Å². The molecule has 2 heterocycles. The van der Waals surface area contributed by atoms with Crippen LogP contribution in [0.25, 0.3) is 0 Å². The number of fused-ring (bicyclic) bond motifs is 1. The fourth-order valence-electron chi connectivity index (χ4n) is 2.37. The maximum atomic E-state index is 12.6. The van der Waals surface area contributed by atoms with Crippen molar-refractivity contribution in [3.05, 3.63) is 23.2 Å².